The van der Waals surface area contributed by atoms with E-state index in [0.29, 0.717) is 19.6 Å². The van der Waals surface area contributed by atoms with E-state index in [1.54, 1.807) is 121 Å². The van der Waals surface area contributed by atoms with E-state index in [1.165, 1.54) is 0 Å². The molecular weight excluding hydrogens is 1240 g/mol. The number of aliphatic carboxylic acids is 4. The Morgan fingerprint density at radius 2 is 0.439 bits per heavy atom. The van der Waals surface area contributed by atoms with Gasteiger partial charge in [0.1, 0.15) is 23.9 Å². The molecule has 0 heterocycles. The number of sulfone groups is 2. The van der Waals surface area contributed by atoms with Gasteiger partial charge in [-0.3, -0.25) is 0 Å². The molecular formula is C34H24Cl4F12O12Rh2S2. The van der Waals surface area contributed by atoms with Gasteiger partial charge < -0.3 is 39.6 Å². The van der Waals surface area contributed by atoms with Crippen molar-refractivity contribution in [3.63, 3.8) is 0 Å². The SMILES string of the molecule is ClCCl.ClCCl.O=C([O-])C(F)(F)F.O=C([O-])C(F)(F)F.O=C([O-])C(F)(F)F.O=C([O-])C(F)(F)F.O=S(=O)(c1ccccc1)c1ccccc1.O=S(=O)(c1ccccc1)c1ccccc1.[Rh+2].[Rh+2]. The molecule has 0 aliphatic carbocycles. The van der Waals surface area contributed by atoms with E-state index in [4.69, 9.17) is 86.0 Å². The smallest absolute Gasteiger partial charge is 0.542 e. The van der Waals surface area contributed by atoms with Crippen molar-refractivity contribution in [1.82, 2.24) is 0 Å². The predicted molar refractivity (Wildman–Crippen MR) is 194 cm³/mol. The summed E-state index contributed by atoms with van der Waals surface area (Å²) < 4.78 is 174. The average Bonchev–Trinajstić information content (AvgIpc) is 3.19. The number of hydrogen-bond donors (Lipinski definition) is 0. The summed E-state index contributed by atoms with van der Waals surface area (Å²) >= 11 is 19.1. The van der Waals surface area contributed by atoms with Crippen molar-refractivity contribution in [2.75, 3.05) is 10.7 Å². The average molecular weight is 1260 g/mol. The third-order valence-electron chi connectivity index (χ3n) is 5.14. The van der Waals surface area contributed by atoms with Crippen LogP contribution in [-0.2, 0) is 77.8 Å². The fraction of sp³-hybridized carbons (Fsp3) is 0.176. The van der Waals surface area contributed by atoms with Crippen LogP contribution in [0.25, 0.3) is 0 Å². The number of carboxylic acid groups (broad SMARTS) is 4. The molecule has 0 aromatic heterocycles. The van der Waals surface area contributed by atoms with Gasteiger partial charge in [-0.05, 0) is 48.5 Å². The minimum Gasteiger partial charge on any atom is -0.542 e. The number of carbonyl (C=O) groups excluding carboxylic acids is 4. The van der Waals surface area contributed by atoms with E-state index in [0.717, 1.165) is 0 Å². The van der Waals surface area contributed by atoms with Crippen LogP contribution in [0.1, 0.15) is 0 Å². The largest absolute Gasteiger partial charge is 2.00 e. The van der Waals surface area contributed by atoms with Crippen molar-refractivity contribution >= 4 is 90.0 Å². The zero-order valence-corrected chi connectivity index (χ0v) is 39.3. The number of carboxylic acids is 4. The van der Waals surface area contributed by atoms with E-state index in [1.807, 2.05) is 0 Å². The van der Waals surface area contributed by atoms with Gasteiger partial charge in [-0.15, -0.1) is 46.4 Å². The molecule has 374 valence electrons. The molecule has 0 fully saturated rings. The van der Waals surface area contributed by atoms with E-state index < -0.39 is 68.3 Å². The zero-order valence-electron chi connectivity index (χ0n) is 31.4. The van der Waals surface area contributed by atoms with Crippen LogP contribution in [0.4, 0.5) is 52.7 Å². The molecule has 66 heavy (non-hydrogen) atoms. The number of alkyl halides is 16. The van der Waals surface area contributed by atoms with Crippen molar-refractivity contribution in [2.24, 2.45) is 0 Å². The van der Waals surface area contributed by atoms with E-state index in [-0.39, 0.29) is 49.6 Å². The van der Waals surface area contributed by atoms with Crippen molar-refractivity contribution in [3.8, 4) is 0 Å². The molecule has 2 radical (unpaired) electrons. The first-order valence-corrected chi connectivity index (χ1v) is 20.2. The van der Waals surface area contributed by atoms with Crippen LogP contribution < -0.4 is 20.4 Å². The number of rotatable bonds is 4. The summed E-state index contributed by atoms with van der Waals surface area (Å²) in [6, 6.07) is 33.7. The van der Waals surface area contributed by atoms with Crippen LogP contribution in [0, 0.1) is 0 Å². The van der Waals surface area contributed by atoms with E-state index in [9.17, 15) is 69.5 Å². The first-order chi connectivity index (χ1) is 29.0. The van der Waals surface area contributed by atoms with Gasteiger partial charge in [0.15, 0.2) is 0 Å². The molecule has 12 nitrogen and oxygen atoms in total. The molecule has 0 spiro atoms. The first-order valence-electron chi connectivity index (χ1n) is 15.1. The Balaban J connectivity index is -0.000000165. The maximum atomic E-state index is 12.0. The van der Waals surface area contributed by atoms with Crippen LogP contribution in [0.15, 0.2) is 141 Å². The van der Waals surface area contributed by atoms with Gasteiger partial charge in [0.2, 0.25) is 19.7 Å². The molecule has 0 atom stereocenters. The maximum Gasteiger partial charge on any atom is 2.00 e. The Bertz CT molecular complexity index is 1870. The van der Waals surface area contributed by atoms with Crippen molar-refractivity contribution in [1.29, 1.82) is 0 Å². The van der Waals surface area contributed by atoms with Gasteiger partial charge >= 0.3 is 63.7 Å². The summed E-state index contributed by atoms with van der Waals surface area (Å²) in [5, 5.41) is 35.5. The Morgan fingerprint density at radius 1 is 0.348 bits per heavy atom. The zero-order chi connectivity index (χ0) is 51.2. The molecule has 0 saturated heterocycles. The minimum absolute atomic E-state index is 0. The predicted octanol–water partition coefficient (Wildman–Crippen LogP) is 5.07. The normalized spacial score (nSPS) is 10.4. The van der Waals surface area contributed by atoms with Crippen LogP contribution in [0.5, 0.6) is 0 Å². The fourth-order valence-corrected chi connectivity index (χ4v) is 5.28. The Kier molecular flexibility index (Phi) is 40.6. The molecule has 0 N–H and O–H groups in total. The van der Waals surface area contributed by atoms with E-state index in [2.05, 4.69) is 0 Å². The van der Waals surface area contributed by atoms with Gasteiger partial charge in [-0.1, -0.05) is 72.8 Å². The number of hydrogen-bond acceptors (Lipinski definition) is 12. The van der Waals surface area contributed by atoms with Gasteiger partial charge in [0, 0.05) is 0 Å². The monoisotopic (exact) mass is 1260 g/mol. The molecule has 0 aliphatic rings. The van der Waals surface area contributed by atoms with Crippen molar-refractivity contribution < 1.29 is 148 Å². The summed E-state index contributed by atoms with van der Waals surface area (Å²) in [5.74, 6) is -12.0. The molecule has 0 unspecified atom stereocenters. The molecule has 0 saturated carbocycles. The Hall–Kier alpha value is -3.77. The quantitative estimate of drug-likeness (QED) is 0.148. The van der Waals surface area contributed by atoms with Gasteiger partial charge in [-0.2, -0.15) is 52.7 Å². The first kappa shape index (κ1) is 73.8. The minimum atomic E-state index is -5.19. The van der Waals surface area contributed by atoms with Gasteiger partial charge in [-0.25, -0.2) is 16.8 Å². The number of halogens is 16. The van der Waals surface area contributed by atoms with Crippen LogP contribution in [0.3, 0.4) is 0 Å². The fourth-order valence-electron chi connectivity index (χ4n) is 2.67. The number of carbonyl (C=O) groups is 4. The topological polar surface area (TPSA) is 229 Å². The maximum absolute atomic E-state index is 12.0. The van der Waals surface area contributed by atoms with Crippen LogP contribution in [-0.4, -0.2) is 76.1 Å². The van der Waals surface area contributed by atoms with Crippen LogP contribution >= 0.6 is 46.4 Å². The summed E-state index contributed by atoms with van der Waals surface area (Å²) in [4.78, 5) is 36.5. The second-order valence-corrected chi connectivity index (χ2v) is 15.1. The van der Waals surface area contributed by atoms with Gasteiger partial charge in [0.05, 0.1) is 30.3 Å². The molecule has 32 heteroatoms. The third kappa shape index (κ3) is 36.4. The van der Waals surface area contributed by atoms with Crippen molar-refractivity contribution in [2.45, 2.75) is 44.3 Å². The molecule has 4 aromatic carbocycles. The molecule has 4 rings (SSSR count). The van der Waals surface area contributed by atoms with Crippen molar-refractivity contribution in [3.05, 3.63) is 121 Å². The van der Waals surface area contributed by atoms with Gasteiger partial charge in [0.25, 0.3) is 0 Å². The third-order valence-corrected chi connectivity index (χ3v) is 8.71. The molecule has 4 aromatic rings. The summed E-state index contributed by atoms with van der Waals surface area (Å²) in [7, 11) is -6.68. The standard InChI is InChI=1S/2C12H10O2S.4C2HF3O2.2CH2Cl2.2Rh/c2*13-15(14,11-7-3-1-4-8-11)12-9-5-2-6-10-12;4*3-2(4,5)1(6)7;2*2-1-3;;/h2*1-10H;4*(H,6,7);2*1H2;;/q;;;;;;;;2*+2/p-4. The molecule has 0 amide bonds. The summed E-state index contributed by atoms with van der Waals surface area (Å²) in [6.45, 7) is 0. The Labute approximate surface area is 411 Å². The number of benzene rings is 4. The molecule has 0 aliphatic heterocycles. The van der Waals surface area contributed by atoms with Crippen LogP contribution in [0.2, 0.25) is 0 Å². The van der Waals surface area contributed by atoms with E-state index >= 15 is 0 Å². The molecule has 0 bridgehead atoms. The summed E-state index contributed by atoms with van der Waals surface area (Å²) in [6.07, 6.45) is -20.8. The Morgan fingerprint density at radius 3 is 0.515 bits per heavy atom. The summed E-state index contributed by atoms with van der Waals surface area (Å²) in [5.41, 5.74) is 0. The second-order valence-electron chi connectivity index (χ2n) is 9.60. The second kappa shape index (κ2) is 36.3.